The predicted octanol–water partition coefficient (Wildman–Crippen LogP) is 0.614. The van der Waals surface area contributed by atoms with Crippen molar-refractivity contribution in [2.45, 2.75) is 11.8 Å². The smallest absolute Gasteiger partial charge is 0.132 e. The third-order valence-electron chi connectivity index (χ3n) is 1.58. The van der Waals surface area contributed by atoms with E-state index in [1.54, 1.807) is 6.07 Å². The monoisotopic (exact) mass is 233 g/mol. The molecule has 1 unspecified atom stereocenters. The molecule has 0 amide bonds. The lowest BCUT2D eigenvalue weighted by atomic mass is 10.3. The van der Waals surface area contributed by atoms with Gasteiger partial charge in [-0.25, -0.2) is 13.9 Å². The third kappa shape index (κ3) is 3.02. The van der Waals surface area contributed by atoms with Gasteiger partial charge < -0.3 is 5.73 Å². The van der Waals surface area contributed by atoms with Gasteiger partial charge in [0.2, 0.25) is 0 Å². The molecule has 14 heavy (non-hydrogen) atoms. The highest BCUT2D eigenvalue weighted by Gasteiger charge is 2.05. The van der Waals surface area contributed by atoms with E-state index in [9.17, 15) is 4.21 Å². The Morgan fingerprint density at radius 2 is 2.43 bits per heavy atom. The van der Waals surface area contributed by atoms with Crippen molar-refractivity contribution in [3.05, 3.63) is 23.0 Å². The van der Waals surface area contributed by atoms with E-state index in [1.807, 2.05) is 6.92 Å². The molecule has 78 valence electrons. The van der Waals surface area contributed by atoms with E-state index in [4.69, 9.17) is 17.3 Å². The average Bonchev–Trinajstić information content (AvgIpc) is 2.18. The van der Waals surface area contributed by atoms with Crippen LogP contribution in [0, 0.1) is 6.92 Å². The predicted molar refractivity (Wildman–Crippen MR) is 57.4 cm³/mol. The number of nitrogens with zero attached hydrogens (tertiary/aromatic N) is 1. The number of pyridine rings is 1. The van der Waals surface area contributed by atoms with Gasteiger partial charge in [0, 0.05) is 19.3 Å². The largest absolute Gasteiger partial charge is 0.329 e. The van der Waals surface area contributed by atoms with E-state index in [0.717, 1.165) is 5.56 Å². The van der Waals surface area contributed by atoms with Crippen LogP contribution in [-0.2, 0) is 11.0 Å². The van der Waals surface area contributed by atoms with Gasteiger partial charge in [-0.15, -0.1) is 0 Å². The first-order valence-corrected chi connectivity index (χ1v) is 5.65. The minimum Gasteiger partial charge on any atom is -0.329 e. The topological polar surface area (TPSA) is 68.0 Å². The van der Waals surface area contributed by atoms with Crippen molar-refractivity contribution in [3.63, 3.8) is 0 Å². The maximum absolute atomic E-state index is 11.5. The van der Waals surface area contributed by atoms with Crippen LogP contribution in [0.3, 0.4) is 0 Å². The van der Waals surface area contributed by atoms with Gasteiger partial charge in [-0.1, -0.05) is 11.6 Å². The Labute approximate surface area is 90.4 Å². The average molecular weight is 234 g/mol. The van der Waals surface area contributed by atoms with E-state index in [2.05, 4.69) is 9.71 Å². The van der Waals surface area contributed by atoms with Crippen molar-refractivity contribution in [2.75, 3.05) is 13.1 Å². The molecule has 1 heterocycles. The highest BCUT2D eigenvalue weighted by Crippen LogP contribution is 2.14. The van der Waals surface area contributed by atoms with Crippen molar-refractivity contribution in [1.29, 1.82) is 0 Å². The zero-order valence-corrected chi connectivity index (χ0v) is 9.36. The first kappa shape index (κ1) is 11.6. The van der Waals surface area contributed by atoms with Crippen LogP contribution in [0.25, 0.3) is 0 Å². The van der Waals surface area contributed by atoms with Gasteiger partial charge in [0.1, 0.15) is 16.1 Å². The fourth-order valence-corrected chi connectivity index (χ4v) is 1.87. The molecule has 3 N–H and O–H groups in total. The molecule has 1 rings (SSSR count). The molecule has 1 aromatic rings. The number of halogens is 1. The number of hydrogen-bond donors (Lipinski definition) is 2. The number of hydrogen-bond acceptors (Lipinski definition) is 3. The summed E-state index contributed by atoms with van der Waals surface area (Å²) in [6, 6.07) is 1.75. The zero-order chi connectivity index (χ0) is 10.6. The first-order chi connectivity index (χ1) is 6.65. The van der Waals surface area contributed by atoms with Crippen molar-refractivity contribution in [2.24, 2.45) is 5.73 Å². The molecule has 0 fully saturated rings. The van der Waals surface area contributed by atoms with E-state index in [0.29, 0.717) is 23.1 Å². The van der Waals surface area contributed by atoms with Crippen molar-refractivity contribution in [1.82, 2.24) is 9.71 Å². The van der Waals surface area contributed by atoms with Crippen molar-refractivity contribution >= 4 is 22.6 Å². The standard InChI is InChI=1S/C8H12ClN3OS/c1-6-4-7(5-11-8(6)9)14(13)12-3-2-10/h4-5,12H,2-3,10H2,1H3. The lowest BCUT2D eigenvalue weighted by Crippen LogP contribution is -2.24. The van der Waals surface area contributed by atoms with Gasteiger partial charge in [0.15, 0.2) is 0 Å². The Bertz CT molecular complexity index is 345. The molecule has 0 aliphatic rings. The summed E-state index contributed by atoms with van der Waals surface area (Å²) in [6.07, 6.45) is 1.50. The molecular formula is C8H12ClN3OS. The minimum absolute atomic E-state index is 0.435. The van der Waals surface area contributed by atoms with Crippen molar-refractivity contribution < 1.29 is 4.21 Å². The first-order valence-electron chi connectivity index (χ1n) is 4.12. The van der Waals surface area contributed by atoms with Gasteiger partial charge in [0.25, 0.3) is 0 Å². The van der Waals surface area contributed by atoms with Crippen LogP contribution < -0.4 is 10.5 Å². The van der Waals surface area contributed by atoms with Gasteiger partial charge >= 0.3 is 0 Å². The van der Waals surface area contributed by atoms with Crippen LogP contribution in [0.2, 0.25) is 5.15 Å². The fraction of sp³-hybridized carbons (Fsp3) is 0.375. The normalized spacial score (nSPS) is 12.8. The molecule has 4 nitrogen and oxygen atoms in total. The summed E-state index contributed by atoms with van der Waals surface area (Å²) in [4.78, 5) is 4.52. The van der Waals surface area contributed by atoms with Crippen LogP contribution in [0.15, 0.2) is 17.2 Å². The summed E-state index contributed by atoms with van der Waals surface area (Å²) in [6.45, 7) is 2.78. The Kier molecular flexibility index (Phi) is 4.47. The van der Waals surface area contributed by atoms with Gasteiger partial charge in [-0.3, -0.25) is 0 Å². The van der Waals surface area contributed by atoms with E-state index in [1.165, 1.54) is 6.20 Å². The summed E-state index contributed by atoms with van der Waals surface area (Å²) in [5, 5.41) is 0.435. The number of aromatic nitrogens is 1. The summed E-state index contributed by atoms with van der Waals surface area (Å²) < 4.78 is 14.3. The lowest BCUT2D eigenvalue weighted by molar-refractivity contribution is 0.671. The summed E-state index contributed by atoms with van der Waals surface area (Å²) >= 11 is 5.74. The zero-order valence-electron chi connectivity index (χ0n) is 7.79. The molecule has 0 radical (unpaired) electrons. The molecular weight excluding hydrogens is 222 g/mol. The van der Waals surface area contributed by atoms with Gasteiger partial charge in [0.05, 0.1) is 4.90 Å². The van der Waals surface area contributed by atoms with E-state index in [-0.39, 0.29) is 0 Å². The molecule has 0 aromatic carbocycles. The second kappa shape index (κ2) is 5.41. The molecule has 0 aliphatic carbocycles. The summed E-state index contributed by atoms with van der Waals surface area (Å²) in [5.41, 5.74) is 6.09. The molecule has 1 atom stereocenters. The second-order valence-electron chi connectivity index (χ2n) is 2.73. The number of rotatable bonds is 4. The molecule has 0 bridgehead atoms. The highest BCUT2D eigenvalue weighted by atomic mass is 35.5. The highest BCUT2D eigenvalue weighted by molar-refractivity contribution is 7.83. The SMILES string of the molecule is Cc1cc(S(=O)NCCN)cnc1Cl. The Morgan fingerprint density at radius 3 is 3.00 bits per heavy atom. The molecule has 0 aliphatic heterocycles. The van der Waals surface area contributed by atoms with E-state index >= 15 is 0 Å². The quantitative estimate of drug-likeness (QED) is 0.749. The van der Waals surface area contributed by atoms with Crippen LogP contribution >= 0.6 is 11.6 Å². The van der Waals surface area contributed by atoms with Gasteiger partial charge in [-0.05, 0) is 18.6 Å². The molecule has 0 spiro atoms. The number of nitrogens with two attached hydrogens (primary N) is 1. The second-order valence-corrected chi connectivity index (χ2v) is 4.39. The summed E-state index contributed by atoms with van der Waals surface area (Å²) in [5.74, 6) is 0. The number of aryl methyl sites for hydroxylation is 1. The maximum Gasteiger partial charge on any atom is 0.132 e. The maximum atomic E-state index is 11.5. The van der Waals surface area contributed by atoms with Crippen molar-refractivity contribution in [3.8, 4) is 0 Å². The molecule has 6 heteroatoms. The van der Waals surface area contributed by atoms with Crippen LogP contribution in [0.5, 0.6) is 0 Å². The summed E-state index contributed by atoms with van der Waals surface area (Å²) in [7, 11) is -1.25. The Hall–Kier alpha value is -0.490. The molecule has 0 saturated carbocycles. The van der Waals surface area contributed by atoms with Crippen LogP contribution in [0.1, 0.15) is 5.56 Å². The van der Waals surface area contributed by atoms with Crippen LogP contribution in [-0.4, -0.2) is 22.3 Å². The third-order valence-corrected chi connectivity index (χ3v) is 3.09. The van der Waals surface area contributed by atoms with E-state index < -0.39 is 11.0 Å². The molecule has 1 aromatic heterocycles. The van der Waals surface area contributed by atoms with Crippen LogP contribution in [0.4, 0.5) is 0 Å². The minimum atomic E-state index is -1.25. The van der Waals surface area contributed by atoms with Gasteiger partial charge in [-0.2, -0.15) is 0 Å². The fourth-order valence-electron chi connectivity index (χ4n) is 0.869. The lowest BCUT2D eigenvalue weighted by Gasteiger charge is -2.04. The Balaban J connectivity index is 2.76. The Morgan fingerprint density at radius 1 is 1.71 bits per heavy atom. The number of nitrogens with one attached hydrogen (secondary N) is 1. The molecule has 0 saturated heterocycles.